The largest absolute Gasteiger partial charge is 0.291 e. The van der Waals surface area contributed by atoms with Crippen molar-refractivity contribution in [3.63, 3.8) is 0 Å². The average molecular weight is 449 g/mol. The maximum atomic E-state index is 13.3. The Morgan fingerprint density at radius 3 is 2.53 bits per heavy atom. The second-order valence-electron chi connectivity index (χ2n) is 7.83. The van der Waals surface area contributed by atoms with Gasteiger partial charge in [-0.25, -0.2) is 18.4 Å². The molecule has 8 nitrogen and oxygen atoms in total. The van der Waals surface area contributed by atoms with Gasteiger partial charge in [0, 0.05) is 12.7 Å². The molecule has 0 aliphatic carbocycles. The van der Waals surface area contributed by atoms with E-state index >= 15 is 0 Å². The summed E-state index contributed by atoms with van der Waals surface area (Å²) in [6.45, 7) is 0.993. The molecule has 0 spiro atoms. The van der Waals surface area contributed by atoms with Crippen LogP contribution < -0.4 is 11.0 Å². The maximum absolute atomic E-state index is 13.3. The summed E-state index contributed by atoms with van der Waals surface area (Å²) >= 11 is 0. The molecule has 0 amide bonds. The fourth-order valence-electron chi connectivity index (χ4n) is 4.13. The van der Waals surface area contributed by atoms with E-state index in [2.05, 4.69) is 57.3 Å². The van der Waals surface area contributed by atoms with E-state index in [1.165, 1.54) is 10.6 Å². The van der Waals surface area contributed by atoms with Gasteiger partial charge in [-0.3, -0.25) is 10.4 Å². The summed E-state index contributed by atoms with van der Waals surface area (Å²) in [7, 11) is -3.68. The SMILES string of the molecule is O=S(=O)(C1=CN(Cc2ccc(-c3ccccc3)cc2)NN1)N1CCCC1c1ccncn1. The molecule has 1 unspecified atom stereocenters. The molecule has 2 aliphatic rings. The highest BCUT2D eigenvalue weighted by Gasteiger charge is 2.39. The Morgan fingerprint density at radius 2 is 1.78 bits per heavy atom. The number of rotatable bonds is 6. The number of nitrogens with one attached hydrogen (secondary N) is 2. The van der Waals surface area contributed by atoms with Crippen LogP contribution in [0, 0.1) is 0 Å². The molecule has 3 aromatic rings. The summed E-state index contributed by atoms with van der Waals surface area (Å²) in [6.07, 6.45) is 6.25. The Morgan fingerprint density at radius 1 is 1.00 bits per heavy atom. The van der Waals surface area contributed by atoms with E-state index in [4.69, 9.17) is 0 Å². The van der Waals surface area contributed by atoms with Gasteiger partial charge in [0.1, 0.15) is 6.33 Å². The highest BCUT2D eigenvalue weighted by molar-refractivity contribution is 7.93. The molecular formula is C23H24N6O2S. The van der Waals surface area contributed by atoms with Crippen LogP contribution in [0.1, 0.15) is 30.1 Å². The Labute approximate surface area is 187 Å². The number of hydrogen-bond donors (Lipinski definition) is 2. The summed E-state index contributed by atoms with van der Waals surface area (Å²) in [5, 5.41) is 1.87. The molecule has 0 saturated carbocycles. The van der Waals surface area contributed by atoms with Crippen LogP contribution in [0.5, 0.6) is 0 Å². The van der Waals surface area contributed by atoms with Crippen LogP contribution in [-0.4, -0.2) is 34.2 Å². The first kappa shape index (κ1) is 20.6. The summed E-state index contributed by atoms with van der Waals surface area (Å²) < 4.78 is 28.1. The van der Waals surface area contributed by atoms with Crippen molar-refractivity contribution in [3.8, 4) is 11.1 Å². The molecule has 1 atom stereocenters. The molecule has 3 heterocycles. The minimum Gasteiger partial charge on any atom is -0.291 e. The number of aromatic nitrogens is 2. The lowest BCUT2D eigenvalue weighted by molar-refractivity contribution is 0.263. The molecule has 2 N–H and O–H groups in total. The van der Waals surface area contributed by atoms with Crippen LogP contribution in [-0.2, 0) is 16.6 Å². The summed E-state index contributed by atoms with van der Waals surface area (Å²) in [4.78, 5) is 8.20. The molecule has 1 aromatic heterocycles. The van der Waals surface area contributed by atoms with E-state index in [1.54, 1.807) is 23.5 Å². The fourth-order valence-corrected chi connectivity index (χ4v) is 5.73. The van der Waals surface area contributed by atoms with Crippen LogP contribution in [0.2, 0.25) is 0 Å². The number of nitrogens with zero attached hydrogens (tertiary/aromatic N) is 4. The Bertz CT molecular complexity index is 1200. The van der Waals surface area contributed by atoms with E-state index in [9.17, 15) is 8.42 Å². The van der Waals surface area contributed by atoms with Gasteiger partial charge >= 0.3 is 0 Å². The Balaban J connectivity index is 1.29. The van der Waals surface area contributed by atoms with Crippen LogP contribution in [0.25, 0.3) is 11.1 Å². The van der Waals surface area contributed by atoms with Crippen LogP contribution >= 0.6 is 0 Å². The van der Waals surface area contributed by atoms with Crippen molar-refractivity contribution >= 4 is 10.0 Å². The summed E-state index contributed by atoms with van der Waals surface area (Å²) in [6, 6.07) is 20.0. The van der Waals surface area contributed by atoms with E-state index in [1.807, 2.05) is 18.2 Å². The van der Waals surface area contributed by atoms with Gasteiger partial charge in [-0.05, 0) is 35.6 Å². The third-order valence-electron chi connectivity index (χ3n) is 5.75. The second kappa shape index (κ2) is 8.70. The van der Waals surface area contributed by atoms with Crippen LogP contribution in [0.15, 0.2) is 84.4 Å². The molecule has 164 valence electrons. The fraction of sp³-hybridized carbons (Fsp3) is 0.217. The van der Waals surface area contributed by atoms with Crippen molar-refractivity contribution < 1.29 is 8.42 Å². The third-order valence-corrected chi connectivity index (χ3v) is 7.56. The van der Waals surface area contributed by atoms with Gasteiger partial charge in [-0.2, -0.15) is 4.31 Å². The van der Waals surface area contributed by atoms with Gasteiger partial charge < -0.3 is 0 Å². The zero-order valence-corrected chi connectivity index (χ0v) is 18.2. The number of sulfonamides is 1. The first-order chi connectivity index (χ1) is 15.6. The predicted molar refractivity (Wildman–Crippen MR) is 121 cm³/mol. The van der Waals surface area contributed by atoms with Crippen molar-refractivity contribution in [2.75, 3.05) is 6.54 Å². The monoisotopic (exact) mass is 448 g/mol. The van der Waals surface area contributed by atoms with Crippen LogP contribution in [0.4, 0.5) is 0 Å². The number of benzene rings is 2. The van der Waals surface area contributed by atoms with E-state index in [0.29, 0.717) is 13.1 Å². The molecule has 1 saturated heterocycles. The number of hydrogen-bond acceptors (Lipinski definition) is 7. The molecule has 32 heavy (non-hydrogen) atoms. The lowest BCUT2D eigenvalue weighted by Gasteiger charge is -2.23. The Kier molecular flexibility index (Phi) is 5.60. The molecule has 5 rings (SSSR count). The van der Waals surface area contributed by atoms with Crippen LogP contribution in [0.3, 0.4) is 0 Å². The van der Waals surface area contributed by atoms with Crippen molar-refractivity contribution in [1.29, 1.82) is 0 Å². The second-order valence-corrected chi connectivity index (χ2v) is 9.69. The van der Waals surface area contributed by atoms with Crippen molar-refractivity contribution in [1.82, 2.24) is 30.2 Å². The zero-order chi connectivity index (χ0) is 22.0. The molecule has 0 radical (unpaired) electrons. The predicted octanol–water partition coefficient (Wildman–Crippen LogP) is 2.93. The first-order valence-corrected chi connectivity index (χ1v) is 12.0. The van der Waals surface area contributed by atoms with E-state index < -0.39 is 10.0 Å². The highest BCUT2D eigenvalue weighted by Crippen LogP contribution is 2.35. The Hall–Kier alpha value is -3.27. The maximum Gasteiger partial charge on any atom is 0.261 e. The molecule has 2 aliphatic heterocycles. The topological polar surface area (TPSA) is 90.5 Å². The van der Waals surface area contributed by atoms with Gasteiger partial charge in [-0.15, -0.1) is 5.53 Å². The van der Waals surface area contributed by atoms with Gasteiger partial charge in [0.25, 0.3) is 10.0 Å². The van der Waals surface area contributed by atoms with Crippen molar-refractivity contribution in [2.45, 2.75) is 25.4 Å². The van der Waals surface area contributed by atoms with Gasteiger partial charge in [0.15, 0.2) is 5.03 Å². The third kappa shape index (κ3) is 4.10. The minimum atomic E-state index is -3.68. The van der Waals surface area contributed by atoms with Crippen molar-refractivity contribution in [2.24, 2.45) is 0 Å². The normalized spacial score (nSPS) is 19.1. The minimum absolute atomic E-state index is 0.138. The van der Waals surface area contributed by atoms with Gasteiger partial charge in [0.05, 0.1) is 24.5 Å². The summed E-state index contributed by atoms with van der Waals surface area (Å²) in [5.41, 5.74) is 9.87. The number of hydrazine groups is 2. The molecule has 2 aromatic carbocycles. The molecule has 9 heteroatoms. The lowest BCUT2D eigenvalue weighted by Crippen LogP contribution is -2.40. The first-order valence-electron chi connectivity index (χ1n) is 10.5. The zero-order valence-electron chi connectivity index (χ0n) is 17.4. The molecule has 0 bridgehead atoms. The smallest absolute Gasteiger partial charge is 0.261 e. The average Bonchev–Trinajstić information content (AvgIpc) is 3.52. The van der Waals surface area contributed by atoms with Gasteiger partial charge in [0.2, 0.25) is 0 Å². The van der Waals surface area contributed by atoms with E-state index in [-0.39, 0.29) is 11.1 Å². The lowest BCUT2D eigenvalue weighted by atomic mass is 10.0. The summed E-state index contributed by atoms with van der Waals surface area (Å²) in [5.74, 6) is 0. The standard InChI is InChI=1S/C23H24N6O2S/c30-32(31,29-14-4-7-22(29)21-12-13-24-17-25-21)23-16-28(27-26-23)15-18-8-10-20(11-9-18)19-5-2-1-3-6-19/h1-3,5-6,8-13,16-17,22,26-27H,4,7,14-15H2. The van der Waals surface area contributed by atoms with Gasteiger partial charge in [-0.1, -0.05) is 54.6 Å². The molecular weight excluding hydrogens is 424 g/mol. The van der Waals surface area contributed by atoms with E-state index in [0.717, 1.165) is 35.2 Å². The quantitative estimate of drug-likeness (QED) is 0.599. The van der Waals surface area contributed by atoms with Crippen molar-refractivity contribution in [3.05, 3.63) is 95.7 Å². The molecule has 1 fully saturated rings. The highest BCUT2D eigenvalue weighted by atomic mass is 32.2.